The van der Waals surface area contributed by atoms with Crippen molar-refractivity contribution in [2.75, 3.05) is 5.32 Å². The first-order chi connectivity index (χ1) is 17.0. The summed E-state index contributed by atoms with van der Waals surface area (Å²) in [6.45, 7) is 2.12. The summed E-state index contributed by atoms with van der Waals surface area (Å²) in [6.07, 6.45) is 9.22. The molecule has 0 radical (unpaired) electrons. The predicted octanol–water partition coefficient (Wildman–Crippen LogP) is 3.82. The molecule has 1 atom stereocenters. The van der Waals surface area contributed by atoms with E-state index in [4.69, 9.17) is 9.72 Å². The standard InChI is InChI=1S/C26H26N6O3/c1-26(34)14-3-2-4-15-31-24(33)20-16-27-25(28-17-8-10-18(11-9-17)35-19-12-13-19)30-23(20)32(31)22-7-5-6-21(26)29-22/h2,4-11,16,19,34H,3,12-15H2,1H3,(H,27,28,30)/b4-2-/t26-/m1/s1. The normalized spacial score (nSPS) is 20.6. The number of aliphatic hydroxyl groups is 1. The Balaban J connectivity index is 1.42. The van der Waals surface area contributed by atoms with Crippen LogP contribution in [0.25, 0.3) is 16.9 Å². The van der Waals surface area contributed by atoms with Crippen LogP contribution in [0.4, 0.5) is 11.6 Å². The number of nitrogens with zero attached hydrogens (tertiary/aromatic N) is 5. The molecule has 6 rings (SSSR count). The van der Waals surface area contributed by atoms with Crippen molar-refractivity contribution in [3.8, 4) is 11.6 Å². The third-order valence-corrected chi connectivity index (χ3v) is 6.36. The third-order valence-electron chi connectivity index (χ3n) is 6.36. The van der Waals surface area contributed by atoms with Gasteiger partial charge in [-0.05, 0) is 69.0 Å². The lowest BCUT2D eigenvalue weighted by Crippen LogP contribution is -2.24. The smallest absolute Gasteiger partial charge is 0.278 e. The Hall–Kier alpha value is -3.98. The molecular formula is C26H26N6O3. The summed E-state index contributed by atoms with van der Waals surface area (Å²) in [4.78, 5) is 27.0. The van der Waals surface area contributed by atoms with Crippen LogP contribution >= 0.6 is 0 Å². The fraction of sp³-hybridized carbons (Fsp3) is 0.308. The first-order valence-corrected chi connectivity index (χ1v) is 11.9. The summed E-state index contributed by atoms with van der Waals surface area (Å²) >= 11 is 0. The van der Waals surface area contributed by atoms with Crippen LogP contribution in [-0.2, 0) is 12.1 Å². The quantitative estimate of drug-likeness (QED) is 0.437. The topological polar surface area (TPSA) is 107 Å². The number of fused-ring (bicyclic) bond motifs is 6. The second-order valence-corrected chi connectivity index (χ2v) is 9.26. The van der Waals surface area contributed by atoms with Gasteiger partial charge in [0.05, 0.1) is 18.3 Å². The van der Waals surface area contributed by atoms with Gasteiger partial charge in [-0.15, -0.1) is 0 Å². The van der Waals surface area contributed by atoms with E-state index < -0.39 is 5.60 Å². The predicted molar refractivity (Wildman–Crippen MR) is 132 cm³/mol. The van der Waals surface area contributed by atoms with Crippen molar-refractivity contribution in [1.29, 1.82) is 0 Å². The summed E-state index contributed by atoms with van der Waals surface area (Å²) in [5.74, 6) is 1.71. The Kier molecular flexibility index (Phi) is 5.14. The van der Waals surface area contributed by atoms with Gasteiger partial charge in [-0.2, -0.15) is 4.98 Å². The first-order valence-electron chi connectivity index (χ1n) is 11.9. The minimum Gasteiger partial charge on any atom is -0.490 e. The molecule has 0 unspecified atom stereocenters. The molecule has 3 aromatic heterocycles. The van der Waals surface area contributed by atoms with Crippen molar-refractivity contribution in [3.05, 3.63) is 76.9 Å². The van der Waals surface area contributed by atoms with Crippen LogP contribution in [-0.4, -0.2) is 35.5 Å². The Labute approximate surface area is 201 Å². The molecule has 2 aliphatic rings. The molecule has 178 valence electrons. The van der Waals surface area contributed by atoms with Crippen LogP contribution < -0.4 is 15.6 Å². The molecule has 4 heterocycles. The maximum absolute atomic E-state index is 13.3. The van der Waals surface area contributed by atoms with Gasteiger partial charge in [0.1, 0.15) is 16.7 Å². The van der Waals surface area contributed by atoms with Gasteiger partial charge in [0.2, 0.25) is 5.95 Å². The number of nitrogens with one attached hydrogen (secondary N) is 1. The van der Waals surface area contributed by atoms with Gasteiger partial charge in [-0.1, -0.05) is 18.2 Å². The highest BCUT2D eigenvalue weighted by molar-refractivity contribution is 5.77. The lowest BCUT2D eigenvalue weighted by molar-refractivity contribution is 0.0443. The number of benzene rings is 1. The largest absolute Gasteiger partial charge is 0.490 e. The van der Waals surface area contributed by atoms with Gasteiger partial charge in [0.15, 0.2) is 11.5 Å². The molecule has 4 aromatic rings. The summed E-state index contributed by atoms with van der Waals surface area (Å²) < 4.78 is 9.10. The monoisotopic (exact) mass is 470 g/mol. The highest BCUT2D eigenvalue weighted by atomic mass is 16.5. The van der Waals surface area contributed by atoms with Crippen LogP contribution in [0.3, 0.4) is 0 Å². The summed E-state index contributed by atoms with van der Waals surface area (Å²) in [6, 6.07) is 13.1. The molecule has 2 N–H and O–H groups in total. The van der Waals surface area contributed by atoms with Crippen molar-refractivity contribution in [3.63, 3.8) is 0 Å². The molecule has 9 nitrogen and oxygen atoms in total. The highest BCUT2D eigenvalue weighted by Crippen LogP contribution is 2.29. The fourth-order valence-corrected chi connectivity index (χ4v) is 4.24. The Morgan fingerprint density at radius 1 is 1.11 bits per heavy atom. The molecule has 9 heteroatoms. The number of hydrogen-bond donors (Lipinski definition) is 2. The minimum absolute atomic E-state index is 0.198. The zero-order valence-electron chi connectivity index (χ0n) is 19.4. The molecular weight excluding hydrogens is 444 g/mol. The second kappa shape index (κ2) is 8.35. The molecule has 35 heavy (non-hydrogen) atoms. The van der Waals surface area contributed by atoms with Crippen LogP contribution in [0.15, 0.2) is 65.6 Å². The Bertz CT molecular complexity index is 1480. The van der Waals surface area contributed by atoms with Crippen molar-refractivity contribution >= 4 is 22.7 Å². The average molecular weight is 471 g/mol. The number of ether oxygens (including phenoxy) is 1. The van der Waals surface area contributed by atoms with Crippen molar-refractivity contribution in [2.24, 2.45) is 0 Å². The number of aromatic nitrogens is 5. The summed E-state index contributed by atoms with van der Waals surface area (Å²) in [7, 11) is 0. The van der Waals surface area contributed by atoms with Crippen molar-refractivity contribution in [1.82, 2.24) is 24.3 Å². The summed E-state index contributed by atoms with van der Waals surface area (Å²) in [5.41, 5.74) is 0.516. The van der Waals surface area contributed by atoms with Crippen LogP contribution in [0.5, 0.6) is 5.75 Å². The average Bonchev–Trinajstić information content (AvgIpc) is 3.63. The maximum atomic E-state index is 13.3. The van der Waals surface area contributed by atoms with Gasteiger partial charge in [-0.25, -0.2) is 19.3 Å². The van der Waals surface area contributed by atoms with E-state index in [1.165, 1.54) is 0 Å². The number of allylic oxidation sites excluding steroid dienone is 2. The van der Waals surface area contributed by atoms with Crippen molar-refractivity contribution < 1.29 is 9.84 Å². The number of hydrogen-bond acceptors (Lipinski definition) is 7. The minimum atomic E-state index is -1.09. The number of rotatable bonds is 4. The molecule has 1 fully saturated rings. The van der Waals surface area contributed by atoms with Crippen LogP contribution in [0, 0.1) is 0 Å². The molecule has 1 aromatic carbocycles. The molecule has 0 spiro atoms. The Morgan fingerprint density at radius 2 is 1.94 bits per heavy atom. The first kappa shape index (κ1) is 21.5. The summed E-state index contributed by atoms with van der Waals surface area (Å²) in [5, 5.41) is 14.6. The van der Waals surface area contributed by atoms with E-state index >= 15 is 0 Å². The molecule has 0 saturated heterocycles. The second-order valence-electron chi connectivity index (χ2n) is 9.26. The molecule has 2 bridgehead atoms. The van der Waals surface area contributed by atoms with E-state index in [0.717, 1.165) is 24.3 Å². The van der Waals surface area contributed by atoms with Gasteiger partial charge < -0.3 is 15.2 Å². The SMILES string of the molecule is C[C@@]1(O)CC/C=C\Cn2c(=O)c3cnc(Nc4ccc(OC5CC5)cc4)nc3n2-c2cccc1n2. The van der Waals surface area contributed by atoms with Gasteiger partial charge >= 0.3 is 0 Å². The zero-order chi connectivity index (χ0) is 24.0. The fourth-order valence-electron chi connectivity index (χ4n) is 4.24. The highest BCUT2D eigenvalue weighted by Gasteiger charge is 2.26. The van der Waals surface area contributed by atoms with Gasteiger partial charge in [0.25, 0.3) is 5.56 Å². The Morgan fingerprint density at radius 3 is 2.74 bits per heavy atom. The zero-order valence-corrected chi connectivity index (χ0v) is 19.4. The number of anilines is 2. The van der Waals surface area contributed by atoms with Gasteiger partial charge in [-0.3, -0.25) is 4.79 Å². The number of pyridine rings is 1. The van der Waals surface area contributed by atoms with E-state index in [0.29, 0.717) is 54.0 Å². The lowest BCUT2D eigenvalue weighted by Gasteiger charge is -2.22. The molecule has 0 amide bonds. The lowest BCUT2D eigenvalue weighted by atomic mass is 9.95. The van der Waals surface area contributed by atoms with E-state index in [2.05, 4.69) is 15.3 Å². The van der Waals surface area contributed by atoms with E-state index in [-0.39, 0.29) is 5.56 Å². The van der Waals surface area contributed by atoms with E-state index in [1.54, 1.807) is 28.6 Å². The molecule has 1 saturated carbocycles. The van der Waals surface area contributed by atoms with Crippen molar-refractivity contribution in [2.45, 2.75) is 50.9 Å². The third kappa shape index (κ3) is 4.19. The van der Waals surface area contributed by atoms with E-state index in [1.807, 2.05) is 48.6 Å². The molecule has 1 aliphatic carbocycles. The molecule has 1 aliphatic heterocycles. The van der Waals surface area contributed by atoms with Crippen LogP contribution in [0.2, 0.25) is 0 Å². The van der Waals surface area contributed by atoms with E-state index in [9.17, 15) is 9.90 Å². The van der Waals surface area contributed by atoms with Gasteiger partial charge in [0, 0.05) is 11.9 Å². The van der Waals surface area contributed by atoms with Crippen LogP contribution in [0.1, 0.15) is 38.3 Å². The maximum Gasteiger partial charge on any atom is 0.278 e.